The second kappa shape index (κ2) is 9.40. The first-order valence-electron chi connectivity index (χ1n) is 8.77. The van der Waals surface area contributed by atoms with Gasteiger partial charge < -0.3 is 5.11 Å². The third-order valence-corrected chi connectivity index (χ3v) is 5.14. The summed E-state index contributed by atoms with van der Waals surface area (Å²) in [6.07, 6.45) is 13.1. The molecule has 1 unspecified atom stereocenters. The normalized spacial score (nSPS) is 28.0. The molecule has 0 radical (unpaired) electrons. The van der Waals surface area contributed by atoms with Crippen LogP contribution in [0, 0.1) is 22.7 Å². The smallest absolute Gasteiger partial charge is 0.0832 e. The number of unbranched alkanes of at least 4 members (excludes halogenated alkanes) is 4. The molecule has 0 spiro atoms. The van der Waals surface area contributed by atoms with Crippen molar-refractivity contribution in [1.82, 2.24) is 0 Å². The molecule has 0 amide bonds. The highest BCUT2D eigenvalue weighted by Crippen LogP contribution is 2.43. The van der Waals surface area contributed by atoms with Crippen molar-refractivity contribution in [3.05, 3.63) is 0 Å². The first kappa shape index (κ1) is 17.5. The molecule has 20 heavy (non-hydrogen) atoms. The van der Waals surface area contributed by atoms with Gasteiger partial charge in [-0.25, -0.2) is 0 Å². The lowest BCUT2D eigenvalue weighted by Gasteiger charge is -2.38. The third kappa shape index (κ3) is 5.09. The average Bonchev–Trinajstić information content (AvgIpc) is 2.48. The highest BCUT2D eigenvalue weighted by molar-refractivity contribution is 5.05. The quantitative estimate of drug-likeness (QED) is 0.589. The molecular weight excluding hydrogens is 246 g/mol. The zero-order valence-corrected chi connectivity index (χ0v) is 13.5. The van der Waals surface area contributed by atoms with Gasteiger partial charge in [0.2, 0.25) is 0 Å². The maximum absolute atomic E-state index is 10.5. The van der Waals surface area contributed by atoms with E-state index < -0.39 is 11.5 Å². The van der Waals surface area contributed by atoms with E-state index in [1.54, 1.807) is 0 Å². The van der Waals surface area contributed by atoms with E-state index in [-0.39, 0.29) is 0 Å². The Balaban J connectivity index is 2.35. The van der Waals surface area contributed by atoms with Crippen LogP contribution in [0.4, 0.5) is 0 Å². The Bertz CT molecular complexity index is 286. The Morgan fingerprint density at radius 1 is 1.10 bits per heavy atom. The van der Waals surface area contributed by atoms with Gasteiger partial charge in [0, 0.05) is 0 Å². The number of aliphatic hydroxyl groups is 1. The molecule has 0 bridgehead atoms. The van der Waals surface area contributed by atoms with Gasteiger partial charge in [-0.15, -0.1) is 0 Å². The molecule has 1 saturated carbocycles. The highest BCUT2D eigenvalue weighted by Gasteiger charge is 2.40. The number of nitrogens with zero attached hydrogens (tertiary/aromatic N) is 1. The van der Waals surface area contributed by atoms with Crippen LogP contribution >= 0.6 is 0 Å². The van der Waals surface area contributed by atoms with Gasteiger partial charge in [-0.3, -0.25) is 0 Å². The lowest BCUT2D eigenvalue weighted by molar-refractivity contribution is 0.0177. The van der Waals surface area contributed by atoms with Crippen molar-refractivity contribution in [1.29, 1.82) is 5.26 Å². The van der Waals surface area contributed by atoms with E-state index in [4.69, 9.17) is 0 Å². The monoisotopic (exact) mass is 279 g/mol. The predicted molar refractivity (Wildman–Crippen MR) is 84.3 cm³/mol. The van der Waals surface area contributed by atoms with Crippen LogP contribution in [0.2, 0.25) is 0 Å². The summed E-state index contributed by atoms with van der Waals surface area (Å²) in [7, 11) is 0. The second-order valence-corrected chi connectivity index (χ2v) is 6.72. The molecule has 0 aromatic heterocycles. The van der Waals surface area contributed by atoms with Gasteiger partial charge >= 0.3 is 0 Å². The van der Waals surface area contributed by atoms with Crippen LogP contribution in [0.3, 0.4) is 0 Å². The summed E-state index contributed by atoms with van der Waals surface area (Å²) in [6.45, 7) is 4.45. The van der Waals surface area contributed by atoms with E-state index >= 15 is 0 Å². The lowest BCUT2D eigenvalue weighted by Crippen LogP contribution is -2.37. The fourth-order valence-corrected chi connectivity index (χ4v) is 3.63. The number of hydrogen-bond donors (Lipinski definition) is 1. The Hall–Kier alpha value is -0.550. The summed E-state index contributed by atoms with van der Waals surface area (Å²) in [5, 5.41) is 20.0. The molecule has 0 heterocycles. The van der Waals surface area contributed by atoms with Crippen LogP contribution in [0.15, 0.2) is 0 Å². The van der Waals surface area contributed by atoms with Gasteiger partial charge in [0.15, 0.2) is 0 Å². The van der Waals surface area contributed by atoms with Crippen molar-refractivity contribution < 1.29 is 5.11 Å². The number of aliphatic hydroxyl groups excluding tert-OH is 1. The standard InChI is InChI=1S/C18H33NO/c1-3-5-6-7-8-10-17(20)18(15-19)13-11-16(9-4-2)12-14-18/h16-17,20H,3-14H2,1-2H3. The molecule has 0 saturated heterocycles. The lowest BCUT2D eigenvalue weighted by atomic mass is 9.66. The van der Waals surface area contributed by atoms with Crippen LogP contribution < -0.4 is 0 Å². The van der Waals surface area contributed by atoms with Crippen molar-refractivity contribution >= 4 is 0 Å². The number of rotatable bonds is 9. The molecule has 1 fully saturated rings. The fourth-order valence-electron chi connectivity index (χ4n) is 3.63. The predicted octanol–water partition coefficient (Wildman–Crippen LogP) is 5.21. The van der Waals surface area contributed by atoms with Crippen molar-refractivity contribution in [3.63, 3.8) is 0 Å². The first-order valence-corrected chi connectivity index (χ1v) is 8.77. The average molecular weight is 279 g/mol. The van der Waals surface area contributed by atoms with Crippen LogP contribution in [0.1, 0.15) is 90.9 Å². The molecule has 1 aliphatic carbocycles. The Morgan fingerprint density at radius 3 is 2.30 bits per heavy atom. The van der Waals surface area contributed by atoms with Gasteiger partial charge in [0.1, 0.15) is 0 Å². The minimum atomic E-state index is -0.436. The van der Waals surface area contributed by atoms with Crippen molar-refractivity contribution in [2.24, 2.45) is 11.3 Å². The minimum absolute atomic E-state index is 0.406. The van der Waals surface area contributed by atoms with Gasteiger partial charge in [0.05, 0.1) is 17.6 Å². The van der Waals surface area contributed by atoms with Crippen molar-refractivity contribution in [2.45, 2.75) is 97.0 Å². The Labute approximate surface area is 125 Å². The molecule has 0 aromatic carbocycles. The molecule has 1 aliphatic rings. The maximum Gasteiger partial charge on any atom is 0.0832 e. The minimum Gasteiger partial charge on any atom is -0.391 e. The molecule has 1 atom stereocenters. The van der Waals surface area contributed by atoms with Gasteiger partial charge in [-0.1, -0.05) is 58.8 Å². The highest BCUT2D eigenvalue weighted by atomic mass is 16.3. The molecule has 1 rings (SSSR count). The topological polar surface area (TPSA) is 44.0 Å². The van der Waals surface area contributed by atoms with Gasteiger partial charge in [-0.05, 0) is 38.0 Å². The zero-order valence-electron chi connectivity index (χ0n) is 13.5. The molecule has 2 heteroatoms. The van der Waals surface area contributed by atoms with Crippen LogP contribution in [-0.2, 0) is 0 Å². The summed E-state index contributed by atoms with van der Waals surface area (Å²) in [6, 6.07) is 2.48. The molecule has 116 valence electrons. The molecule has 0 aromatic rings. The maximum atomic E-state index is 10.5. The Morgan fingerprint density at radius 2 is 1.75 bits per heavy atom. The van der Waals surface area contributed by atoms with E-state index in [2.05, 4.69) is 19.9 Å². The van der Waals surface area contributed by atoms with Crippen molar-refractivity contribution in [3.8, 4) is 6.07 Å². The first-order chi connectivity index (χ1) is 9.68. The number of hydrogen-bond acceptors (Lipinski definition) is 2. The summed E-state index contributed by atoms with van der Waals surface area (Å²) >= 11 is 0. The summed E-state index contributed by atoms with van der Waals surface area (Å²) in [5.41, 5.74) is -0.436. The van der Waals surface area contributed by atoms with Gasteiger partial charge in [-0.2, -0.15) is 5.26 Å². The second-order valence-electron chi connectivity index (χ2n) is 6.72. The largest absolute Gasteiger partial charge is 0.391 e. The Kier molecular flexibility index (Phi) is 8.22. The van der Waals surface area contributed by atoms with Crippen molar-refractivity contribution in [2.75, 3.05) is 0 Å². The third-order valence-electron chi connectivity index (χ3n) is 5.14. The van der Waals surface area contributed by atoms with Crippen LogP contribution in [-0.4, -0.2) is 11.2 Å². The fraction of sp³-hybridized carbons (Fsp3) is 0.944. The number of nitriles is 1. The van der Waals surface area contributed by atoms with E-state index in [0.29, 0.717) is 0 Å². The molecule has 2 nitrogen and oxygen atoms in total. The molecule has 1 N–H and O–H groups in total. The zero-order chi connectivity index (χ0) is 14.8. The van der Waals surface area contributed by atoms with E-state index in [9.17, 15) is 10.4 Å². The van der Waals surface area contributed by atoms with E-state index in [1.807, 2.05) is 0 Å². The van der Waals surface area contributed by atoms with Crippen LogP contribution in [0.25, 0.3) is 0 Å². The summed E-state index contributed by atoms with van der Waals surface area (Å²) < 4.78 is 0. The molecule has 0 aliphatic heterocycles. The molecular formula is C18H33NO. The SMILES string of the molecule is CCCCCCCC(O)C1(C#N)CCC(CCC)CC1. The van der Waals surface area contributed by atoms with Crippen LogP contribution in [0.5, 0.6) is 0 Å². The van der Waals surface area contributed by atoms with E-state index in [0.717, 1.165) is 44.4 Å². The summed E-state index contributed by atoms with van der Waals surface area (Å²) in [4.78, 5) is 0. The van der Waals surface area contributed by atoms with E-state index in [1.165, 1.54) is 38.5 Å². The van der Waals surface area contributed by atoms with Gasteiger partial charge in [0.25, 0.3) is 0 Å². The summed E-state index contributed by atoms with van der Waals surface area (Å²) in [5.74, 6) is 0.790.